The minimum Gasteiger partial charge on any atom is -0.480 e. The second kappa shape index (κ2) is 4.63. The summed E-state index contributed by atoms with van der Waals surface area (Å²) in [5.74, 6) is -0.715. The van der Waals surface area contributed by atoms with E-state index < -0.39 is 5.97 Å². The van der Waals surface area contributed by atoms with E-state index in [1.807, 2.05) is 17.0 Å². The van der Waals surface area contributed by atoms with Crippen molar-refractivity contribution in [2.45, 2.75) is 45.1 Å². The van der Waals surface area contributed by atoms with Gasteiger partial charge in [0.15, 0.2) is 0 Å². The first-order chi connectivity index (χ1) is 8.39. The lowest BCUT2D eigenvalue weighted by Gasteiger charge is -2.25. The van der Waals surface area contributed by atoms with Crippen LogP contribution in [0.15, 0.2) is 24.3 Å². The molecule has 0 amide bonds. The van der Waals surface area contributed by atoms with Crippen LogP contribution in [0.1, 0.15) is 39.2 Å². The minimum absolute atomic E-state index is 0.135. The lowest BCUT2D eigenvalue weighted by Crippen LogP contribution is -2.35. The smallest absolute Gasteiger partial charge is 0.326 e. The molecule has 1 fully saturated rings. The number of carboxylic acid groups (broad SMARTS) is 1. The molecule has 0 bridgehead atoms. The molecule has 3 nitrogen and oxygen atoms in total. The number of anilines is 1. The van der Waals surface area contributed by atoms with E-state index in [1.165, 1.54) is 5.56 Å². The summed E-state index contributed by atoms with van der Waals surface area (Å²) in [5.41, 5.74) is 2.43. The summed E-state index contributed by atoms with van der Waals surface area (Å²) in [4.78, 5) is 13.2. The molecular formula is C15H21NO2. The average molecular weight is 247 g/mol. The van der Waals surface area contributed by atoms with Crippen LogP contribution < -0.4 is 4.90 Å². The van der Waals surface area contributed by atoms with Crippen LogP contribution >= 0.6 is 0 Å². The first-order valence-corrected chi connectivity index (χ1v) is 6.49. The third kappa shape index (κ3) is 2.50. The fourth-order valence-electron chi connectivity index (χ4n) is 2.49. The molecular weight excluding hydrogens is 226 g/mol. The Kier molecular flexibility index (Phi) is 3.33. The Labute approximate surface area is 108 Å². The van der Waals surface area contributed by atoms with Crippen molar-refractivity contribution in [1.29, 1.82) is 0 Å². The maximum absolute atomic E-state index is 11.2. The quantitative estimate of drug-likeness (QED) is 0.873. The molecule has 0 saturated carbocycles. The number of hydrogen-bond donors (Lipinski definition) is 1. The van der Waals surface area contributed by atoms with Gasteiger partial charge in [0.05, 0.1) is 0 Å². The Morgan fingerprint density at radius 2 is 1.89 bits per heavy atom. The standard InChI is InChI=1S/C15H21NO2/c1-15(2,3)11-6-8-12(9-7-11)16-10-4-5-13(16)14(17)18/h6-9,13H,4-5,10H2,1-3H3,(H,17,18)/t13-/m0/s1. The Balaban J connectivity index is 2.22. The first kappa shape index (κ1) is 12.9. The molecule has 18 heavy (non-hydrogen) atoms. The van der Waals surface area contributed by atoms with Crippen LogP contribution in [0.4, 0.5) is 5.69 Å². The van der Waals surface area contributed by atoms with Crippen molar-refractivity contribution in [3.8, 4) is 0 Å². The fourth-order valence-corrected chi connectivity index (χ4v) is 2.49. The molecule has 1 heterocycles. The summed E-state index contributed by atoms with van der Waals surface area (Å²) in [6.07, 6.45) is 1.70. The second-order valence-electron chi connectivity index (χ2n) is 5.99. The highest BCUT2D eigenvalue weighted by Gasteiger charge is 2.30. The Morgan fingerprint density at radius 3 is 2.39 bits per heavy atom. The van der Waals surface area contributed by atoms with Crippen LogP contribution in [0, 0.1) is 0 Å². The SMILES string of the molecule is CC(C)(C)c1ccc(N2CCC[C@H]2C(=O)O)cc1. The normalized spacial score (nSPS) is 20.2. The third-order valence-electron chi connectivity index (χ3n) is 3.60. The molecule has 2 rings (SSSR count). The van der Waals surface area contributed by atoms with Gasteiger partial charge in [-0.15, -0.1) is 0 Å². The predicted octanol–water partition coefficient (Wildman–Crippen LogP) is 3.04. The zero-order valence-corrected chi connectivity index (χ0v) is 11.3. The van der Waals surface area contributed by atoms with Crippen molar-refractivity contribution in [2.75, 3.05) is 11.4 Å². The number of benzene rings is 1. The van der Waals surface area contributed by atoms with Crippen LogP contribution in [0.5, 0.6) is 0 Å². The third-order valence-corrected chi connectivity index (χ3v) is 3.60. The second-order valence-corrected chi connectivity index (χ2v) is 5.99. The van der Waals surface area contributed by atoms with Crippen LogP contribution in [-0.4, -0.2) is 23.7 Å². The van der Waals surface area contributed by atoms with E-state index >= 15 is 0 Å². The van der Waals surface area contributed by atoms with Gasteiger partial charge in [0.1, 0.15) is 6.04 Å². The van der Waals surface area contributed by atoms with Gasteiger partial charge in [-0.3, -0.25) is 0 Å². The van der Waals surface area contributed by atoms with Crippen LogP contribution in [0.2, 0.25) is 0 Å². The Bertz CT molecular complexity index is 431. The first-order valence-electron chi connectivity index (χ1n) is 6.49. The van der Waals surface area contributed by atoms with Crippen molar-refractivity contribution in [3.05, 3.63) is 29.8 Å². The number of nitrogens with zero attached hydrogens (tertiary/aromatic N) is 1. The van der Waals surface area contributed by atoms with Gasteiger partial charge < -0.3 is 10.0 Å². The van der Waals surface area contributed by atoms with Gasteiger partial charge in [-0.05, 0) is 36.0 Å². The molecule has 1 aliphatic heterocycles. The fraction of sp³-hybridized carbons (Fsp3) is 0.533. The number of carbonyl (C=O) groups is 1. The van der Waals surface area contributed by atoms with E-state index in [9.17, 15) is 9.90 Å². The van der Waals surface area contributed by atoms with Crippen molar-refractivity contribution < 1.29 is 9.90 Å². The molecule has 98 valence electrons. The highest BCUT2D eigenvalue weighted by Crippen LogP contribution is 2.29. The summed E-state index contributed by atoms with van der Waals surface area (Å²) in [7, 11) is 0. The molecule has 0 spiro atoms. The van der Waals surface area contributed by atoms with Gasteiger partial charge in [-0.1, -0.05) is 32.9 Å². The van der Waals surface area contributed by atoms with E-state index in [2.05, 4.69) is 32.9 Å². The van der Waals surface area contributed by atoms with Crippen LogP contribution in [-0.2, 0) is 10.2 Å². The molecule has 0 aliphatic carbocycles. The van der Waals surface area contributed by atoms with Gasteiger partial charge in [-0.25, -0.2) is 4.79 Å². The molecule has 1 aromatic rings. The molecule has 1 aromatic carbocycles. The highest BCUT2D eigenvalue weighted by atomic mass is 16.4. The highest BCUT2D eigenvalue weighted by molar-refractivity contribution is 5.79. The zero-order valence-electron chi connectivity index (χ0n) is 11.3. The number of hydrogen-bond acceptors (Lipinski definition) is 2. The Morgan fingerprint density at radius 1 is 1.28 bits per heavy atom. The summed E-state index contributed by atoms with van der Waals surface area (Å²) in [5, 5.41) is 9.19. The lowest BCUT2D eigenvalue weighted by molar-refractivity contribution is -0.138. The molecule has 1 saturated heterocycles. The van der Waals surface area contributed by atoms with E-state index in [-0.39, 0.29) is 11.5 Å². The summed E-state index contributed by atoms with van der Waals surface area (Å²) in [6, 6.07) is 7.94. The van der Waals surface area contributed by atoms with Crippen molar-refractivity contribution >= 4 is 11.7 Å². The van der Waals surface area contributed by atoms with Gasteiger partial charge >= 0.3 is 5.97 Å². The van der Waals surface area contributed by atoms with E-state index in [4.69, 9.17) is 0 Å². The summed E-state index contributed by atoms with van der Waals surface area (Å²) in [6.45, 7) is 7.37. The maximum atomic E-state index is 11.2. The molecule has 0 radical (unpaired) electrons. The zero-order chi connectivity index (χ0) is 13.3. The average Bonchev–Trinajstić information content (AvgIpc) is 2.77. The summed E-state index contributed by atoms with van der Waals surface area (Å²) < 4.78 is 0. The van der Waals surface area contributed by atoms with Crippen LogP contribution in [0.3, 0.4) is 0 Å². The van der Waals surface area contributed by atoms with Gasteiger partial charge in [0.2, 0.25) is 0 Å². The van der Waals surface area contributed by atoms with Crippen LogP contribution in [0.25, 0.3) is 0 Å². The molecule has 1 atom stereocenters. The van der Waals surface area contributed by atoms with E-state index in [0.29, 0.717) is 0 Å². The molecule has 0 unspecified atom stereocenters. The minimum atomic E-state index is -0.715. The topological polar surface area (TPSA) is 40.5 Å². The molecule has 0 aromatic heterocycles. The lowest BCUT2D eigenvalue weighted by atomic mass is 9.87. The number of carboxylic acids is 1. The maximum Gasteiger partial charge on any atom is 0.326 e. The van der Waals surface area contributed by atoms with Crippen molar-refractivity contribution in [3.63, 3.8) is 0 Å². The summed E-state index contributed by atoms with van der Waals surface area (Å²) >= 11 is 0. The predicted molar refractivity (Wildman–Crippen MR) is 73.1 cm³/mol. The van der Waals surface area contributed by atoms with Gasteiger partial charge in [0.25, 0.3) is 0 Å². The van der Waals surface area contributed by atoms with Gasteiger partial charge in [0, 0.05) is 12.2 Å². The molecule has 3 heteroatoms. The Hall–Kier alpha value is -1.51. The van der Waals surface area contributed by atoms with Gasteiger partial charge in [-0.2, -0.15) is 0 Å². The molecule has 1 N–H and O–H groups in total. The monoisotopic (exact) mass is 247 g/mol. The number of rotatable bonds is 2. The number of aliphatic carboxylic acids is 1. The van der Waals surface area contributed by atoms with E-state index in [0.717, 1.165) is 25.1 Å². The van der Waals surface area contributed by atoms with Crippen molar-refractivity contribution in [2.24, 2.45) is 0 Å². The van der Waals surface area contributed by atoms with Crippen molar-refractivity contribution in [1.82, 2.24) is 0 Å². The van der Waals surface area contributed by atoms with E-state index in [1.54, 1.807) is 0 Å². The molecule has 1 aliphatic rings. The largest absolute Gasteiger partial charge is 0.480 e.